The molecule has 0 aromatic heterocycles. The van der Waals surface area contributed by atoms with Crippen molar-refractivity contribution in [2.75, 3.05) is 19.8 Å². The maximum atomic E-state index is 12.1. The summed E-state index contributed by atoms with van der Waals surface area (Å²) in [6.07, 6.45) is 1.13. The second-order valence-electron chi connectivity index (χ2n) is 3.59. The molecule has 11 heavy (non-hydrogen) atoms. The molecule has 66 valence electrons. The van der Waals surface area contributed by atoms with Crippen molar-refractivity contribution in [3.05, 3.63) is 0 Å². The van der Waals surface area contributed by atoms with Crippen LogP contribution in [0.3, 0.4) is 0 Å². The summed E-state index contributed by atoms with van der Waals surface area (Å²) in [4.78, 5) is 2.72. The molecule has 0 bridgehead atoms. The van der Waals surface area contributed by atoms with Gasteiger partial charge in [0.2, 0.25) is 0 Å². The number of likely N-dealkylation sites (tertiary alicyclic amines) is 1. The molecule has 1 fully saturated rings. The lowest BCUT2D eigenvalue weighted by Gasteiger charge is -2.33. The third-order valence-electron chi connectivity index (χ3n) is 2.59. The van der Waals surface area contributed by atoms with E-state index in [1.54, 1.807) is 0 Å². The Hall–Kier alpha value is 0.370. The van der Waals surface area contributed by atoms with Crippen LogP contribution in [0, 0.1) is 0 Å². The Morgan fingerprint density at radius 3 is 2.64 bits per heavy atom. The minimum atomic E-state index is -0.233. The van der Waals surface area contributed by atoms with E-state index in [2.05, 4.69) is 34.7 Å². The lowest BCUT2D eigenvalue weighted by molar-refractivity contribution is 0.166. The number of hydrogen-bond donors (Lipinski definition) is 0. The molecule has 1 atom stereocenters. The van der Waals surface area contributed by atoms with Gasteiger partial charge in [0.15, 0.2) is 0 Å². The molecule has 0 spiro atoms. The molecule has 3 heteroatoms. The van der Waals surface area contributed by atoms with Crippen LogP contribution in [0.1, 0.15) is 20.3 Å². The van der Waals surface area contributed by atoms with Gasteiger partial charge in [0, 0.05) is 16.9 Å². The van der Waals surface area contributed by atoms with E-state index in [0.717, 1.165) is 13.0 Å². The summed E-state index contributed by atoms with van der Waals surface area (Å²) in [6.45, 7) is 5.69. The van der Waals surface area contributed by atoms with Gasteiger partial charge in [-0.05, 0) is 26.8 Å². The summed E-state index contributed by atoms with van der Waals surface area (Å²) in [5, 5.41) is 0. The van der Waals surface area contributed by atoms with Crippen molar-refractivity contribution in [2.24, 2.45) is 0 Å². The molecule has 0 N–H and O–H groups in total. The number of rotatable bonds is 2. The summed E-state index contributed by atoms with van der Waals surface area (Å²) < 4.78 is 12.1. The van der Waals surface area contributed by atoms with E-state index in [0.29, 0.717) is 11.4 Å². The molecule has 1 aliphatic heterocycles. The third-order valence-corrected chi connectivity index (χ3v) is 4.17. The summed E-state index contributed by atoms with van der Waals surface area (Å²) >= 11 is 3.61. The van der Waals surface area contributed by atoms with Gasteiger partial charge in [0.05, 0.1) is 0 Å². The zero-order chi connectivity index (χ0) is 8.48. The first kappa shape index (κ1) is 9.46. The Bertz CT molecular complexity index is 136. The molecule has 0 radical (unpaired) electrons. The molecule has 1 heterocycles. The van der Waals surface area contributed by atoms with E-state index in [9.17, 15) is 4.39 Å². The third kappa shape index (κ3) is 1.75. The van der Waals surface area contributed by atoms with Gasteiger partial charge in [0.25, 0.3) is 0 Å². The summed E-state index contributed by atoms with van der Waals surface area (Å²) in [7, 11) is 0. The molecule has 0 amide bonds. The van der Waals surface area contributed by atoms with Crippen molar-refractivity contribution in [1.82, 2.24) is 4.90 Å². The van der Waals surface area contributed by atoms with Crippen LogP contribution in [-0.4, -0.2) is 35.0 Å². The average molecular weight is 224 g/mol. The highest BCUT2D eigenvalue weighted by Crippen LogP contribution is 2.33. The van der Waals surface area contributed by atoms with Crippen molar-refractivity contribution >= 4 is 15.9 Å². The van der Waals surface area contributed by atoms with E-state index >= 15 is 0 Å². The van der Waals surface area contributed by atoms with Crippen LogP contribution >= 0.6 is 15.9 Å². The molecular formula is C8H15BrFN. The molecular weight excluding hydrogens is 209 g/mol. The maximum absolute atomic E-state index is 12.1. The van der Waals surface area contributed by atoms with Crippen molar-refractivity contribution in [1.29, 1.82) is 0 Å². The first-order chi connectivity index (χ1) is 5.09. The highest BCUT2D eigenvalue weighted by molar-refractivity contribution is 9.09. The second-order valence-corrected chi connectivity index (χ2v) is 4.69. The first-order valence-corrected chi connectivity index (χ1v) is 4.95. The predicted octanol–water partition coefficient (Wildman–Crippen LogP) is 2.20. The van der Waals surface area contributed by atoms with Gasteiger partial charge in [-0.2, -0.15) is 0 Å². The standard InChI is InChI=1S/C8H15BrFN/c1-8(2)7(9)3-5-11(8)6-4-10/h7H,3-6H2,1-2H3. The molecule has 1 unspecified atom stereocenters. The van der Waals surface area contributed by atoms with Crippen LogP contribution in [-0.2, 0) is 0 Å². The highest BCUT2D eigenvalue weighted by atomic mass is 79.9. The van der Waals surface area contributed by atoms with E-state index in [1.807, 2.05) is 0 Å². The second kappa shape index (κ2) is 3.40. The van der Waals surface area contributed by atoms with Crippen LogP contribution < -0.4 is 0 Å². The van der Waals surface area contributed by atoms with Gasteiger partial charge < -0.3 is 0 Å². The van der Waals surface area contributed by atoms with Crippen LogP contribution in [0.25, 0.3) is 0 Å². The number of alkyl halides is 2. The zero-order valence-corrected chi connectivity index (χ0v) is 8.69. The van der Waals surface area contributed by atoms with E-state index in [1.165, 1.54) is 0 Å². The van der Waals surface area contributed by atoms with Gasteiger partial charge in [-0.15, -0.1) is 0 Å². The predicted molar refractivity (Wildman–Crippen MR) is 49.0 cm³/mol. The fraction of sp³-hybridized carbons (Fsp3) is 1.00. The maximum Gasteiger partial charge on any atom is 0.102 e. The Labute approximate surface area is 76.1 Å². The fourth-order valence-corrected chi connectivity index (χ4v) is 2.10. The number of nitrogens with zero attached hydrogens (tertiary/aromatic N) is 1. The van der Waals surface area contributed by atoms with Gasteiger partial charge in [-0.3, -0.25) is 4.90 Å². The summed E-state index contributed by atoms with van der Waals surface area (Å²) in [5.41, 5.74) is 0.131. The Balaban J connectivity index is 2.55. The molecule has 0 aliphatic carbocycles. The van der Waals surface area contributed by atoms with Crippen molar-refractivity contribution in [2.45, 2.75) is 30.6 Å². The van der Waals surface area contributed by atoms with E-state index in [-0.39, 0.29) is 12.2 Å². The Kier molecular flexibility index (Phi) is 2.92. The lowest BCUT2D eigenvalue weighted by atomic mass is 10.0. The molecule has 1 rings (SSSR count). The minimum Gasteiger partial charge on any atom is -0.294 e. The average Bonchev–Trinajstić information content (AvgIpc) is 2.16. The monoisotopic (exact) mass is 223 g/mol. The van der Waals surface area contributed by atoms with Crippen LogP contribution in [0.15, 0.2) is 0 Å². The van der Waals surface area contributed by atoms with Crippen molar-refractivity contribution < 1.29 is 4.39 Å². The van der Waals surface area contributed by atoms with Gasteiger partial charge >= 0.3 is 0 Å². The molecule has 0 aromatic carbocycles. The first-order valence-electron chi connectivity index (χ1n) is 4.04. The zero-order valence-electron chi connectivity index (χ0n) is 7.11. The quantitative estimate of drug-likeness (QED) is 0.650. The fourth-order valence-electron chi connectivity index (χ4n) is 1.61. The number of halogens is 2. The van der Waals surface area contributed by atoms with Crippen LogP contribution in [0.2, 0.25) is 0 Å². The molecule has 0 aromatic rings. The topological polar surface area (TPSA) is 3.24 Å². The molecule has 1 aliphatic rings. The van der Waals surface area contributed by atoms with Crippen molar-refractivity contribution in [3.8, 4) is 0 Å². The molecule has 1 nitrogen and oxygen atoms in total. The minimum absolute atomic E-state index is 0.131. The highest BCUT2D eigenvalue weighted by Gasteiger charge is 2.38. The summed E-state index contributed by atoms with van der Waals surface area (Å²) in [6, 6.07) is 0. The molecule has 1 saturated heterocycles. The van der Waals surface area contributed by atoms with Gasteiger partial charge in [-0.1, -0.05) is 15.9 Å². The Morgan fingerprint density at radius 2 is 2.27 bits per heavy atom. The molecule has 0 saturated carbocycles. The van der Waals surface area contributed by atoms with Gasteiger partial charge in [-0.25, -0.2) is 4.39 Å². The van der Waals surface area contributed by atoms with Crippen molar-refractivity contribution in [3.63, 3.8) is 0 Å². The van der Waals surface area contributed by atoms with E-state index in [4.69, 9.17) is 0 Å². The Morgan fingerprint density at radius 1 is 1.64 bits per heavy atom. The SMILES string of the molecule is CC1(C)C(Br)CCN1CCF. The summed E-state index contributed by atoms with van der Waals surface area (Å²) in [5.74, 6) is 0. The largest absolute Gasteiger partial charge is 0.294 e. The smallest absolute Gasteiger partial charge is 0.102 e. The van der Waals surface area contributed by atoms with Crippen LogP contribution in [0.5, 0.6) is 0 Å². The van der Waals surface area contributed by atoms with E-state index < -0.39 is 0 Å². The number of hydrogen-bond acceptors (Lipinski definition) is 1. The van der Waals surface area contributed by atoms with Gasteiger partial charge in [0.1, 0.15) is 6.67 Å². The van der Waals surface area contributed by atoms with Crippen LogP contribution in [0.4, 0.5) is 4.39 Å². The normalized spacial score (nSPS) is 31.1. The lowest BCUT2D eigenvalue weighted by Crippen LogP contribution is -2.43.